The van der Waals surface area contributed by atoms with Gasteiger partial charge in [0.05, 0.1) is 17.4 Å². The minimum absolute atomic E-state index is 0.165. The summed E-state index contributed by atoms with van der Waals surface area (Å²) in [6.45, 7) is 6.42. The maximum Gasteiger partial charge on any atom is 0.263 e. The number of rotatable bonds is 7. The molecule has 3 aromatic rings. The zero-order chi connectivity index (χ0) is 21.0. The quantitative estimate of drug-likeness (QED) is 0.633. The largest absolute Gasteiger partial charge is 0.481 e. The number of benzene rings is 2. The minimum atomic E-state index is -0.661. The lowest BCUT2D eigenvalue weighted by Gasteiger charge is -2.25. The second-order valence-electron chi connectivity index (χ2n) is 7.01. The Balaban J connectivity index is 1.80. The van der Waals surface area contributed by atoms with Crippen LogP contribution in [0.15, 0.2) is 47.3 Å². The molecule has 0 radical (unpaired) electrons. The molecule has 1 unspecified atom stereocenters. The Morgan fingerprint density at radius 3 is 2.66 bits per heavy atom. The number of hydrogen-bond acceptors (Lipinski definition) is 4. The van der Waals surface area contributed by atoms with Crippen molar-refractivity contribution < 1.29 is 9.53 Å². The first kappa shape index (κ1) is 20.9. The van der Waals surface area contributed by atoms with Crippen LogP contribution in [0.25, 0.3) is 10.9 Å². The van der Waals surface area contributed by atoms with Crippen molar-refractivity contribution in [3.05, 3.63) is 69.2 Å². The lowest BCUT2D eigenvalue weighted by molar-refractivity contribution is -0.138. The number of carbonyl (C=O) groups excluding carboxylic acids is 1. The number of halogens is 1. The molecular formula is C22H24ClN3O3. The number of aromatic amines is 1. The topological polar surface area (TPSA) is 75.3 Å². The lowest BCUT2D eigenvalue weighted by Crippen LogP contribution is -2.41. The third kappa shape index (κ3) is 5.15. The first-order valence-electron chi connectivity index (χ1n) is 9.58. The van der Waals surface area contributed by atoms with E-state index in [9.17, 15) is 9.59 Å². The molecule has 0 saturated heterocycles. The molecule has 0 aliphatic rings. The predicted octanol–water partition coefficient (Wildman–Crippen LogP) is 4.09. The van der Waals surface area contributed by atoms with E-state index in [4.69, 9.17) is 16.3 Å². The summed E-state index contributed by atoms with van der Waals surface area (Å²) < 4.78 is 5.80. The van der Waals surface area contributed by atoms with Gasteiger partial charge in [-0.05, 0) is 50.6 Å². The van der Waals surface area contributed by atoms with Gasteiger partial charge in [-0.25, -0.2) is 4.98 Å². The van der Waals surface area contributed by atoms with E-state index in [1.54, 1.807) is 30.0 Å². The summed E-state index contributed by atoms with van der Waals surface area (Å²) >= 11 is 6.02. The Hall–Kier alpha value is -2.86. The van der Waals surface area contributed by atoms with Gasteiger partial charge in [-0.1, -0.05) is 36.2 Å². The van der Waals surface area contributed by atoms with Crippen molar-refractivity contribution in [3.63, 3.8) is 0 Å². The molecule has 6 nitrogen and oxygen atoms in total. The number of fused-ring (bicyclic) bond motifs is 1. The van der Waals surface area contributed by atoms with Crippen molar-refractivity contribution in [1.29, 1.82) is 0 Å². The second-order valence-corrected chi connectivity index (χ2v) is 7.44. The molecule has 1 aromatic heterocycles. The highest BCUT2D eigenvalue weighted by Gasteiger charge is 2.23. The molecule has 0 saturated carbocycles. The summed E-state index contributed by atoms with van der Waals surface area (Å²) in [6, 6.07) is 12.5. The van der Waals surface area contributed by atoms with Gasteiger partial charge in [-0.15, -0.1) is 0 Å². The highest BCUT2D eigenvalue weighted by atomic mass is 35.5. The molecule has 1 atom stereocenters. The lowest BCUT2D eigenvalue weighted by atomic mass is 10.2. The number of carbonyl (C=O) groups is 1. The Morgan fingerprint density at radius 1 is 1.24 bits per heavy atom. The van der Waals surface area contributed by atoms with Gasteiger partial charge in [-0.2, -0.15) is 0 Å². The van der Waals surface area contributed by atoms with E-state index in [0.717, 1.165) is 12.0 Å². The molecule has 29 heavy (non-hydrogen) atoms. The number of amides is 1. The highest BCUT2D eigenvalue weighted by Crippen LogP contribution is 2.17. The predicted molar refractivity (Wildman–Crippen MR) is 114 cm³/mol. The number of H-pyrrole nitrogens is 1. The molecule has 0 bridgehead atoms. The maximum atomic E-state index is 13.0. The molecule has 1 amide bonds. The summed E-state index contributed by atoms with van der Waals surface area (Å²) in [4.78, 5) is 34.2. The number of nitrogens with one attached hydrogen (secondary N) is 1. The minimum Gasteiger partial charge on any atom is -0.481 e. The number of nitrogens with zero attached hydrogens (tertiary/aromatic N) is 2. The first-order valence-corrected chi connectivity index (χ1v) is 9.95. The van der Waals surface area contributed by atoms with Gasteiger partial charge in [-0.3, -0.25) is 9.59 Å². The molecule has 2 aromatic carbocycles. The summed E-state index contributed by atoms with van der Waals surface area (Å²) in [5.41, 5.74) is 1.37. The fraction of sp³-hybridized carbons (Fsp3) is 0.318. The van der Waals surface area contributed by atoms with Crippen LogP contribution >= 0.6 is 11.6 Å². The van der Waals surface area contributed by atoms with Crippen LogP contribution in [-0.4, -0.2) is 33.4 Å². The van der Waals surface area contributed by atoms with E-state index in [0.29, 0.717) is 34.0 Å². The fourth-order valence-corrected chi connectivity index (χ4v) is 3.25. The van der Waals surface area contributed by atoms with Crippen LogP contribution in [0.2, 0.25) is 5.02 Å². The summed E-state index contributed by atoms with van der Waals surface area (Å²) in [5, 5.41) is 0.964. The molecule has 7 heteroatoms. The van der Waals surface area contributed by atoms with Gasteiger partial charge in [0.2, 0.25) is 0 Å². The molecular weight excluding hydrogens is 390 g/mol. The van der Waals surface area contributed by atoms with Gasteiger partial charge in [0, 0.05) is 11.6 Å². The average Bonchev–Trinajstić information content (AvgIpc) is 2.68. The van der Waals surface area contributed by atoms with Gasteiger partial charge in [0.25, 0.3) is 11.5 Å². The van der Waals surface area contributed by atoms with E-state index in [1.807, 2.05) is 38.1 Å². The SMILES string of the molecule is CCCN(Cc1nc2cc(Cl)ccc2c(=O)[nH]1)C(=O)C(C)Oc1ccc(C)cc1. The molecule has 0 spiro atoms. The molecule has 0 aliphatic carbocycles. The van der Waals surface area contributed by atoms with Crippen molar-refractivity contribution >= 4 is 28.4 Å². The Kier molecular flexibility index (Phi) is 6.54. The summed E-state index contributed by atoms with van der Waals surface area (Å²) in [6.07, 6.45) is 0.109. The fourth-order valence-electron chi connectivity index (χ4n) is 3.08. The Morgan fingerprint density at radius 2 is 1.97 bits per heavy atom. The van der Waals surface area contributed by atoms with Crippen LogP contribution in [0, 0.1) is 6.92 Å². The third-order valence-electron chi connectivity index (χ3n) is 4.55. The normalized spacial score (nSPS) is 12.0. The number of ether oxygens (including phenoxy) is 1. The average molecular weight is 414 g/mol. The molecule has 3 rings (SSSR count). The van der Waals surface area contributed by atoms with E-state index >= 15 is 0 Å². The van der Waals surface area contributed by atoms with Gasteiger partial charge in [0.1, 0.15) is 11.6 Å². The monoisotopic (exact) mass is 413 g/mol. The molecule has 0 aliphatic heterocycles. The van der Waals surface area contributed by atoms with Crippen LogP contribution in [0.5, 0.6) is 5.75 Å². The first-order chi connectivity index (χ1) is 13.9. The number of aryl methyl sites for hydroxylation is 1. The van der Waals surface area contributed by atoms with Crippen molar-refractivity contribution in [3.8, 4) is 5.75 Å². The number of aromatic nitrogens is 2. The van der Waals surface area contributed by atoms with E-state index in [2.05, 4.69) is 9.97 Å². The van der Waals surface area contributed by atoms with Gasteiger partial charge in [0.15, 0.2) is 6.10 Å². The third-order valence-corrected chi connectivity index (χ3v) is 4.78. The maximum absolute atomic E-state index is 13.0. The molecule has 1 heterocycles. The highest BCUT2D eigenvalue weighted by molar-refractivity contribution is 6.31. The van der Waals surface area contributed by atoms with Crippen LogP contribution in [-0.2, 0) is 11.3 Å². The van der Waals surface area contributed by atoms with E-state index in [1.165, 1.54) is 0 Å². The zero-order valence-electron chi connectivity index (χ0n) is 16.7. The standard InChI is InChI=1S/C22H24ClN3O3/c1-4-11-26(22(28)15(3)29-17-8-5-14(2)6-9-17)13-20-24-19-12-16(23)7-10-18(19)21(27)25-20/h5-10,12,15H,4,11,13H2,1-3H3,(H,24,25,27). The van der Waals surface area contributed by atoms with Crippen LogP contribution in [0.3, 0.4) is 0 Å². The van der Waals surface area contributed by atoms with Crippen molar-refractivity contribution in [2.75, 3.05) is 6.54 Å². The second kappa shape index (κ2) is 9.09. The van der Waals surface area contributed by atoms with E-state index in [-0.39, 0.29) is 18.0 Å². The summed E-state index contributed by atoms with van der Waals surface area (Å²) in [7, 11) is 0. The van der Waals surface area contributed by atoms with Crippen molar-refractivity contribution in [1.82, 2.24) is 14.9 Å². The molecule has 152 valence electrons. The smallest absolute Gasteiger partial charge is 0.263 e. The molecule has 1 N–H and O–H groups in total. The molecule has 0 fully saturated rings. The van der Waals surface area contributed by atoms with Gasteiger partial charge >= 0.3 is 0 Å². The Labute approximate surface area is 174 Å². The van der Waals surface area contributed by atoms with E-state index < -0.39 is 6.10 Å². The van der Waals surface area contributed by atoms with Crippen LogP contribution < -0.4 is 10.3 Å². The number of hydrogen-bond donors (Lipinski definition) is 1. The van der Waals surface area contributed by atoms with Crippen LogP contribution in [0.4, 0.5) is 0 Å². The Bertz CT molecular complexity index is 1060. The van der Waals surface area contributed by atoms with Gasteiger partial charge < -0.3 is 14.6 Å². The van der Waals surface area contributed by atoms with Crippen molar-refractivity contribution in [2.45, 2.75) is 39.8 Å². The zero-order valence-corrected chi connectivity index (χ0v) is 17.5. The van der Waals surface area contributed by atoms with Crippen molar-refractivity contribution in [2.24, 2.45) is 0 Å². The summed E-state index contributed by atoms with van der Waals surface area (Å²) in [5.74, 6) is 0.884. The van der Waals surface area contributed by atoms with Crippen LogP contribution in [0.1, 0.15) is 31.7 Å².